The van der Waals surface area contributed by atoms with Crippen LogP contribution in [0.2, 0.25) is 5.02 Å². The number of nitrogens with zero attached hydrogens (tertiary/aromatic N) is 2. The van der Waals surface area contributed by atoms with Gasteiger partial charge in [-0.25, -0.2) is 14.2 Å². The Hall–Kier alpha value is -3.95. The van der Waals surface area contributed by atoms with Crippen LogP contribution in [0.15, 0.2) is 86.1 Å². The number of rotatable bonds is 7. The van der Waals surface area contributed by atoms with Crippen molar-refractivity contribution in [1.29, 1.82) is 0 Å². The van der Waals surface area contributed by atoms with Gasteiger partial charge in [0, 0.05) is 6.08 Å². The first-order chi connectivity index (χ1) is 18.4. The minimum absolute atomic E-state index is 0.0660. The predicted molar refractivity (Wildman–Crippen MR) is 141 cm³/mol. The van der Waals surface area contributed by atoms with E-state index in [1.165, 1.54) is 34.1 Å². The Kier molecular flexibility index (Phi) is 7.31. The Balaban J connectivity index is 1.49. The molecule has 2 aromatic carbocycles. The molecule has 0 saturated heterocycles. The fourth-order valence-electron chi connectivity index (χ4n) is 4.16. The molecule has 0 aliphatic carbocycles. The molecule has 4 aromatic rings. The second-order valence-corrected chi connectivity index (χ2v) is 9.80. The maximum atomic E-state index is 13.6. The largest absolute Gasteiger partial charge is 0.484 e. The smallest absolute Gasteiger partial charge is 0.338 e. The lowest BCUT2D eigenvalue weighted by molar-refractivity contribution is -0.139. The van der Waals surface area contributed by atoms with Crippen LogP contribution in [0.5, 0.6) is 5.75 Å². The van der Waals surface area contributed by atoms with E-state index in [0.29, 0.717) is 37.9 Å². The van der Waals surface area contributed by atoms with Crippen molar-refractivity contribution >= 4 is 35.0 Å². The number of hydrogen-bond acceptors (Lipinski definition) is 7. The fourth-order valence-corrected chi connectivity index (χ4v) is 5.41. The number of furan rings is 1. The van der Waals surface area contributed by atoms with Gasteiger partial charge in [-0.15, -0.1) is 0 Å². The standard InChI is InChI=1S/C28H22ClFN2O5S/c1-3-35-27(34)24-16(2)31-28-32(25(24)17-7-5-4-6-8-17)26(33)23(38-28)14-19-10-11-20(37-19)15-36-22-12-9-18(30)13-21(22)29/h4-14,25H,3,15H2,1-2H3/b23-14-/t25-/m1/s1. The second-order valence-electron chi connectivity index (χ2n) is 8.38. The molecular weight excluding hydrogens is 531 g/mol. The normalized spacial score (nSPS) is 15.3. The molecule has 1 aliphatic rings. The monoisotopic (exact) mass is 552 g/mol. The third-order valence-electron chi connectivity index (χ3n) is 5.85. The van der Waals surface area contributed by atoms with Crippen LogP contribution in [0, 0.1) is 5.82 Å². The highest BCUT2D eigenvalue weighted by molar-refractivity contribution is 7.07. The third-order valence-corrected chi connectivity index (χ3v) is 7.13. The van der Waals surface area contributed by atoms with Crippen molar-refractivity contribution in [3.63, 3.8) is 0 Å². The zero-order valence-corrected chi connectivity index (χ0v) is 22.0. The second kappa shape index (κ2) is 10.8. The molecule has 0 radical (unpaired) electrons. The number of ether oxygens (including phenoxy) is 2. The molecule has 10 heteroatoms. The highest BCUT2D eigenvalue weighted by atomic mass is 35.5. The number of carbonyl (C=O) groups excluding carboxylic acids is 1. The van der Waals surface area contributed by atoms with E-state index in [-0.39, 0.29) is 23.8 Å². The van der Waals surface area contributed by atoms with Gasteiger partial charge in [-0.2, -0.15) is 0 Å². The quantitative estimate of drug-likeness (QED) is 0.309. The van der Waals surface area contributed by atoms with Gasteiger partial charge in [-0.1, -0.05) is 53.3 Å². The number of carbonyl (C=O) groups is 1. The topological polar surface area (TPSA) is 83.0 Å². The molecule has 0 fully saturated rings. The van der Waals surface area contributed by atoms with Gasteiger partial charge in [-0.05, 0) is 49.7 Å². The lowest BCUT2D eigenvalue weighted by atomic mass is 9.96. The van der Waals surface area contributed by atoms with Gasteiger partial charge >= 0.3 is 5.97 Å². The lowest BCUT2D eigenvalue weighted by Crippen LogP contribution is -2.39. The van der Waals surface area contributed by atoms with E-state index in [9.17, 15) is 14.0 Å². The summed E-state index contributed by atoms with van der Waals surface area (Å²) in [7, 11) is 0. The van der Waals surface area contributed by atoms with Crippen molar-refractivity contribution in [3.8, 4) is 5.75 Å². The summed E-state index contributed by atoms with van der Waals surface area (Å²) < 4.78 is 31.9. The number of thiazole rings is 1. The Labute approximate surface area is 225 Å². The van der Waals surface area contributed by atoms with Crippen molar-refractivity contribution in [3.05, 3.63) is 120 Å². The molecule has 0 amide bonds. The summed E-state index contributed by atoms with van der Waals surface area (Å²) in [6, 6.07) is 15.9. The van der Waals surface area contributed by atoms with E-state index < -0.39 is 17.8 Å². The molecule has 5 rings (SSSR count). The molecular formula is C28H22ClFN2O5S. The summed E-state index contributed by atoms with van der Waals surface area (Å²) in [6.07, 6.45) is 1.63. The zero-order valence-electron chi connectivity index (χ0n) is 20.4. The summed E-state index contributed by atoms with van der Waals surface area (Å²) in [4.78, 5) is 31.6. The van der Waals surface area contributed by atoms with Crippen molar-refractivity contribution < 1.29 is 23.1 Å². The zero-order chi connectivity index (χ0) is 26.8. The minimum atomic E-state index is -0.672. The summed E-state index contributed by atoms with van der Waals surface area (Å²) in [6.45, 7) is 3.75. The third kappa shape index (κ3) is 5.07. The molecule has 194 valence electrons. The first-order valence-corrected chi connectivity index (χ1v) is 13.0. The average Bonchev–Trinajstić information content (AvgIpc) is 3.47. The number of aromatic nitrogens is 1. The van der Waals surface area contributed by atoms with E-state index in [1.54, 1.807) is 32.1 Å². The molecule has 0 unspecified atom stereocenters. The van der Waals surface area contributed by atoms with Crippen LogP contribution in [0.3, 0.4) is 0 Å². The molecule has 2 aromatic heterocycles. The number of halogens is 2. The maximum Gasteiger partial charge on any atom is 0.338 e. The molecule has 38 heavy (non-hydrogen) atoms. The molecule has 7 nitrogen and oxygen atoms in total. The summed E-state index contributed by atoms with van der Waals surface area (Å²) in [5, 5.41) is 0.156. The van der Waals surface area contributed by atoms with Crippen LogP contribution in [0.25, 0.3) is 6.08 Å². The first-order valence-electron chi connectivity index (χ1n) is 11.8. The number of hydrogen-bond donors (Lipinski definition) is 0. The molecule has 0 saturated carbocycles. The van der Waals surface area contributed by atoms with E-state index in [4.69, 9.17) is 25.5 Å². The van der Waals surface area contributed by atoms with Crippen LogP contribution in [-0.4, -0.2) is 17.1 Å². The Morgan fingerprint density at radius 1 is 1.21 bits per heavy atom. The van der Waals surface area contributed by atoms with Crippen molar-refractivity contribution in [2.24, 2.45) is 4.99 Å². The summed E-state index contributed by atoms with van der Waals surface area (Å²) in [5.74, 6) is 0.300. The van der Waals surface area contributed by atoms with Gasteiger partial charge in [0.1, 0.15) is 29.7 Å². The van der Waals surface area contributed by atoms with E-state index in [0.717, 1.165) is 5.56 Å². The lowest BCUT2D eigenvalue weighted by Gasteiger charge is -2.24. The van der Waals surface area contributed by atoms with E-state index in [2.05, 4.69) is 4.99 Å². The summed E-state index contributed by atoms with van der Waals surface area (Å²) >= 11 is 7.22. The van der Waals surface area contributed by atoms with Gasteiger partial charge in [0.15, 0.2) is 4.80 Å². The van der Waals surface area contributed by atoms with E-state index in [1.807, 2.05) is 30.3 Å². The first kappa shape index (κ1) is 25.7. The maximum absolute atomic E-state index is 13.6. The van der Waals surface area contributed by atoms with Crippen LogP contribution < -0.4 is 19.6 Å². The van der Waals surface area contributed by atoms with Crippen molar-refractivity contribution in [2.45, 2.75) is 26.5 Å². The van der Waals surface area contributed by atoms with E-state index >= 15 is 0 Å². The fraction of sp³-hybridized carbons (Fsp3) is 0.179. The van der Waals surface area contributed by atoms with Crippen LogP contribution in [0.1, 0.15) is 37.0 Å². The molecule has 0 N–H and O–H groups in total. The molecule has 1 atom stereocenters. The SMILES string of the molecule is CCOC(=O)C1=C(C)N=c2s/c(=C\c3ccc(COc4ccc(F)cc4Cl)o3)c(=O)n2[C@@H]1c1ccccc1. The molecule has 0 bridgehead atoms. The predicted octanol–water partition coefficient (Wildman–Crippen LogP) is 4.76. The summed E-state index contributed by atoms with van der Waals surface area (Å²) in [5.41, 5.74) is 1.30. The Morgan fingerprint density at radius 2 is 2.00 bits per heavy atom. The number of allylic oxidation sites excluding steroid dienone is 1. The number of fused-ring (bicyclic) bond motifs is 1. The minimum Gasteiger partial charge on any atom is -0.484 e. The van der Waals surface area contributed by atoms with Crippen molar-refractivity contribution in [1.82, 2.24) is 4.57 Å². The number of esters is 1. The van der Waals surface area contributed by atoms with Gasteiger partial charge in [-0.3, -0.25) is 9.36 Å². The van der Waals surface area contributed by atoms with Gasteiger partial charge in [0.2, 0.25) is 0 Å². The van der Waals surface area contributed by atoms with Gasteiger partial charge in [0.05, 0.1) is 33.5 Å². The van der Waals surface area contributed by atoms with Crippen molar-refractivity contribution in [2.75, 3.05) is 6.61 Å². The van der Waals surface area contributed by atoms with Gasteiger partial charge in [0.25, 0.3) is 5.56 Å². The van der Waals surface area contributed by atoms with Gasteiger partial charge < -0.3 is 13.9 Å². The number of benzene rings is 2. The Morgan fingerprint density at radius 3 is 2.74 bits per heavy atom. The molecule has 1 aliphatic heterocycles. The average molecular weight is 553 g/mol. The Bertz CT molecular complexity index is 1720. The highest BCUT2D eigenvalue weighted by Gasteiger charge is 2.33. The van der Waals surface area contributed by atoms with Crippen LogP contribution in [-0.2, 0) is 16.1 Å². The highest BCUT2D eigenvalue weighted by Crippen LogP contribution is 2.30. The molecule has 0 spiro atoms. The van der Waals surface area contributed by atoms with Crippen LogP contribution in [0.4, 0.5) is 4.39 Å². The van der Waals surface area contributed by atoms with Crippen LogP contribution >= 0.6 is 22.9 Å². The molecule has 3 heterocycles.